The Kier molecular flexibility index (Phi) is 4.40. The third-order valence-corrected chi connectivity index (χ3v) is 2.12. The van der Waals surface area contributed by atoms with Crippen LogP contribution in [0.1, 0.15) is 26.7 Å². The summed E-state index contributed by atoms with van der Waals surface area (Å²) < 4.78 is 0. The minimum Gasteiger partial charge on any atom is -0.391 e. The van der Waals surface area contributed by atoms with Gasteiger partial charge in [0.2, 0.25) is 0 Å². The van der Waals surface area contributed by atoms with Gasteiger partial charge < -0.3 is 10.2 Å². The monoisotopic (exact) mass is 182 g/mol. The number of aliphatic hydroxyl groups excluding tert-OH is 2. The van der Waals surface area contributed by atoms with Crippen molar-refractivity contribution in [3.63, 3.8) is 0 Å². The quantitative estimate of drug-likeness (QED) is 0.665. The fraction of sp³-hybridized carbons (Fsp3) is 0.778. The zero-order valence-electron chi connectivity index (χ0n) is 7.86. The lowest BCUT2D eigenvalue weighted by Gasteiger charge is -2.26. The highest BCUT2D eigenvalue weighted by molar-refractivity contribution is 5.19. The van der Waals surface area contributed by atoms with Crippen molar-refractivity contribution in [2.45, 2.75) is 38.9 Å². The smallest absolute Gasteiger partial charge is 0.194 e. The Hall–Kier alpha value is -1.10. The zero-order chi connectivity index (χ0) is 10.5. The summed E-state index contributed by atoms with van der Waals surface area (Å²) in [7, 11) is 0. The first-order valence-electron chi connectivity index (χ1n) is 4.23. The Bertz CT molecular complexity index is 223. The van der Waals surface area contributed by atoms with E-state index in [9.17, 15) is 10.2 Å². The zero-order valence-corrected chi connectivity index (χ0v) is 7.86. The molecule has 0 aromatic heterocycles. The van der Waals surface area contributed by atoms with Crippen LogP contribution in [0, 0.1) is 28.1 Å². The number of nitriles is 2. The van der Waals surface area contributed by atoms with E-state index >= 15 is 0 Å². The predicted octanol–water partition coefficient (Wildman–Crippen LogP) is 0.562. The Labute approximate surface area is 78.0 Å². The number of aliphatic hydroxyl groups is 2. The van der Waals surface area contributed by atoms with E-state index in [1.165, 1.54) is 6.92 Å². The molecule has 0 bridgehead atoms. The summed E-state index contributed by atoms with van der Waals surface area (Å²) in [5.74, 6) is 0. The van der Waals surface area contributed by atoms with E-state index in [1.807, 2.05) is 6.92 Å². The van der Waals surface area contributed by atoms with Crippen molar-refractivity contribution in [3.8, 4) is 12.1 Å². The molecule has 13 heavy (non-hydrogen) atoms. The van der Waals surface area contributed by atoms with Gasteiger partial charge in [-0.05, 0) is 13.3 Å². The second kappa shape index (κ2) is 4.81. The molecule has 0 amide bonds. The molecule has 0 fully saturated rings. The first-order valence-corrected chi connectivity index (χ1v) is 4.23. The van der Waals surface area contributed by atoms with Crippen molar-refractivity contribution in [3.05, 3.63) is 0 Å². The molecule has 4 heteroatoms. The van der Waals surface area contributed by atoms with Crippen LogP contribution < -0.4 is 0 Å². The standard InChI is InChI=1S/C9H14N2O2/c1-3-4-8(13)9(5-10,6-11)7(2)12/h7-8,12-13H,3-4H2,1-2H3. The molecule has 2 unspecified atom stereocenters. The van der Waals surface area contributed by atoms with Crippen molar-refractivity contribution in [2.24, 2.45) is 5.41 Å². The molecule has 72 valence electrons. The molecule has 0 heterocycles. The Balaban J connectivity index is 4.81. The maximum absolute atomic E-state index is 9.52. The van der Waals surface area contributed by atoms with Gasteiger partial charge in [0.1, 0.15) is 0 Å². The molecule has 0 aromatic carbocycles. The summed E-state index contributed by atoms with van der Waals surface area (Å²) in [6, 6.07) is 3.38. The lowest BCUT2D eigenvalue weighted by Crippen LogP contribution is -2.41. The second-order valence-electron chi connectivity index (χ2n) is 3.07. The van der Waals surface area contributed by atoms with Gasteiger partial charge in [0.05, 0.1) is 24.3 Å². The summed E-state index contributed by atoms with van der Waals surface area (Å²) in [6.07, 6.45) is -1.23. The molecule has 0 saturated heterocycles. The van der Waals surface area contributed by atoms with Crippen LogP contribution in [-0.2, 0) is 0 Å². The molecule has 2 N–H and O–H groups in total. The molecular formula is C9H14N2O2. The van der Waals surface area contributed by atoms with E-state index in [2.05, 4.69) is 0 Å². The minimum atomic E-state index is -1.68. The van der Waals surface area contributed by atoms with Gasteiger partial charge >= 0.3 is 0 Å². The normalized spacial score (nSPS) is 15.5. The first-order chi connectivity index (χ1) is 6.05. The highest BCUT2D eigenvalue weighted by Gasteiger charge is 2.43. The SMILES string of the molecule is CCCC(O)C(C#N)(C#N)C(C)O. The minimum absolute atomic E-state index is 0.339. The molecule has 0 aromatic rings. The molecule has 4 nitrogen and oxygen atoms in total. The van der Waals surface area contributed by atoms with E-state index in [4.69, 9.17) is 10.5 Å². The van der Waals surface area contributed by atoms with Gasteiger partial charge in [-0.25, -0.2) is 0 Å². The third-order valence-electron chi connectivity index (χ3n) is 2.12. The van der Waals surface area contributed by atoms with E-state index in [-0.39, 0.29) is 0 Å². The summed E-state index contributed by atoms with van der Waals surface area (Å²) in [4.78, 5) is 0. The number of rotatable bonds is 4. The van der Waals surface area contributed by atoms with Crippen molar-refractivity contribution < 1.29 is 10.2 Å². The van der Waals surface area contributed by atoms with Gasteiger partial charge in [0.25, 0.3) is 0 Å². The molecule has 0 aliphatic rings. The first kappa shape index (κ1) is 11.9. The summed E-state index contributed by atoms with van der Waals surface area (Å²) in [5, 5.41) is 36.3. The van der Waals surface area contributed by atoms with Gasteiger partial charge in [-0.3, -0.25) is 0 Å². The molecule has 0 radical (unpaired) electrons. The topological polar surface area (TPSA) is 88.0 Å². The van der Waals surface area contributed by atoms with E-state index < -0.39 is 17.6 Å². The molecule has 0 aliphatic carbocycles. The molecule has 0 saturated carbocycles. The summed E-state index contributed by atoms with van der Waals surface area (Å²) in [5.41, 5.74) is -1.68. The maximum atomic E-state index is 9.52. The largest absolute Gasteiger partial charge is 0.391 e. The van der Waals surface area contributed by atoms with Crippen LogP contribution in [0.25, 0.3) is 0 Å². The van der Waals surface area contributed by atoms with Gasteiger partial charge in [-0.2, -0.15) is 10.5 Å². The van der Waals surface area contributed by atoms with Crippen molar-refractivity contribution in [1.82, 2.24) is 0 Å². The summed E-state index contributed by atoms with van der Waals surface area (Å²) >= 11 is 0. The van der Waals surface area contributed by atoms with Gasteiger partial charge in [0, 0.05) is 0 Å². The van der Waals surface area contributed by atoms with Gasteiger partial charge in [0.15, 0.2) is 5.41 Å². The highest BCUT2D eigenvalue weighted by Crippen LogP contribution is 2.27. The van der Waals surface area contributed by atoms with Crippen LogP contribution in [0.2, 0.25) is 0 Å². The van der Waals surface area contributed by atoms with Crippen LogP contribution in [0.4, 0.5) is 0 Å². The molecule has 0 spiro atoms. The average molecular weight is 182 g/mol. The van der Waals surface area contributed by atoms with Gasteiger partial charge in [-0.15, -0.1) is 0 Å². The number of nitrogens with zero attached hydrogens (tertiary/aromatic N) is 2. The van der Waals surface area contributed by atoms with Crippen molar-refractivity contribution in [1.29, 1.82) is 10.5 Å². The molecule has 2 atom stereocenters. The predicted molar refractivity (Wildman–Crippen MR) is 46.3 cm³/mol. The van der Waals surface area contributed by atoms with Crippen molar-refractivity contribution >= 4 is 0 Å². The van der Waals surface area contributed by atoms with Crippen molar-refractivity contribution in [2.75, 3.05) is 0 Å². The van der Waals surface area contributed by atoms with E-state index in [0.717, 1.165) is 0 Å². The molecule has 0 rings (SSSR count). The van der Waals surface area contributed by atoms with Crippen LogP contribution in [0.3, 0.4) is 0 Å². The van der Waals surface area contributed by atoms with Crippen LogP contribution in [0.15, 0.2) is 0 Å². The van der Waals surface area contributed by atoms with E-state index in [1.54, 1.807) is 12.1 Å². The maximum Gasteiger partial charge on any atom is 0.194 e. The molecular weight excluding hydrogens is 168 g/mol. The third kappa shape index (κ3) is 2.18. The van der Waals surface area contributed by atoms with Crippen LogP contribution in [-0.4, -0.2) is 22.4 Å². The lowest BCUT2D eigenvalue weighted by atomic mass is 9.78. The Morgan fingerprint density at radius 3 is 2.00 bits per heavy atom. The lowest BCUT2D eigenvalue weighted by molar-refractivity contribution is 0.00476. The second-order valence-corrected chi connectivity index (χ2v) is 3.07. The fourth-order valence-corrected chi connectivity index (χ4v) is 1.14. The van der Waals surface area contributed by atoms with Crippen LogP contribution in [0.5, 0.6) is 0 Å². The fourth-order valence-electron chi connectivity index (χ4n) is 1.14. The average Bonchev–Trinajstić information content (AvgIpc) is 2.07. The Morgan fingerprint density at radius 2 is 1.77 bits per heavy atom. The van der Waals surface area contributed by atoms with Gasteiger partial charge in [-0.1, -0.05) is 13.3 Å². The molecule has 0 aliphatic heterocycles. The van der Waals surface area contributed by atoms with E-state index in [0.29, 0.717) is 12.8 Å². The number of hydrogen-bond acceptors (Lipinski definition) is 4. The number of hydrogen-bond donors (Lipinski definition) is 2. The Morgan fingerprint density at radius 1 is 1.31 bits per heavy atom. The highest BCUT2D eigenvalue weighted by atomic mass is 16.3. The summed E-state index contributed by atoms with van der Waals surface area (Å²) in [6.45, 7) is 3.18. The van der Waals surface area contributed by atoms with Crippen LogP contribution >= 0.6 is 0 Å².